The fraction of sp³-hybridized carbons (Fsp3) is 0.345. The van der Waals surface area contributed by atoms with Crippen molar-refractivity contribution in [2.45, 2.75) is 39.8 Å². The molecule has 4 rings (SSSR count). The number of thiazole rings is 1. The van der Waals surface area contributed by atoms with Gasteiger partial charge >= 0.3 is 5.97 Å². The summed E-state index contributed by atoms with van der Waals surface area (Å²) in [5, 5.41) is 0. The Balaban J connectivity index is 1.95. The van der Waals surface area contributed by atoms with Crippen LogP contribution in [0.25, 0.3) is 6.08 Å². The van der Waals surface area contributed by atoms with Gasteiger partial charge in [0.1, 0.15) is 11.5 Å². The highest BCUT2D eigenvalue weighted by atomic mass is 32.1. The van der Waals surface area contributed by atoms with Crippen molar-refractivity contribution >= 4 is 23.4 Å². The molecule has 0 aliphatic carbocycles. The van der Waals surface area contributed by atoms with Crippen LogP contribution in [-0.4, -0.2) is 44.6 Å². The van der Waals surface area contributed by atoms with Crippen LogP contribution in [0.5, 0.6) is 23.0 Å². The van der Waals surface area contributed by atoms with Crippen molar-refractivity contribution in [3.63, 3.8) is 0 Å². The number of fused-ring (bicyclic) bond motifs is 1. The molecule has 0 N–H and O–H groups in total. The average Bonchev–Trinajstić information content (AvgIpc) is 3.22. The van der Waals surface area contributed by atoms with Crippen molar-refractivity contribution in [2.24, 2.45) is 4.99 Å². The fourth-order valence-electron chi connectivity index (χ4n) is 4.39. The quantitative estimate of drug-likeness (QED) is 0.374. The van der Waals surface area contributed by atoms with E-state index in [1.807, 2.05) is 26.0 Å². The van der Waals surface area contributed by atoms with E-state index in [1.54, 1.807) is 65.5 Å². The summed E-state index contributed by atoms with van der Waals surface area (Å²) in [4.78, 5) is 32.2. The Morgan fingerprint density at radius 1 is 1.05 bits per heavy atom. The highest BCUT2D eigenvalue weighted by molar-refractivity contribution is 7.07. The number of ether oxygens (including phenoxy) is 5. The number of hydrogen-bond donors (Lipinski definition) is 0. The molecule has 0 saturated heterocycles. The maximum Gasteiger partial charge on any atom is 0.338 e. The molecule has 1 aliphatic rings. The normalized spacial score (nSPS) is 15.1. The first-order chi connectivity index (χ1) is 18.7. The molecule has 1 aromatic heterocycles. The molecule has 1 aliphatic heterocycles. The lowest BCUT2D eigenvalue weighted by molar-refractivity contribution is -0.139. The monoisotopic (exact) mass is 552 g/mol. The first-order valence-electron chi connectivity index (χ1n) is 12.5. The molecule has 0 unspecified atom stereocenters. The smallest absolute Gasteiger partial charge is 0.338 e. The van der Waals surface area contributed by atoms with Gasteiger partial charge in [0.05, 0.1) is 55.9 Å². The van der Waals surface area contributed by atoms with E-state index in [0.29, 0.717) is 49.2 Å². The number of rotatable bonds is 9. The summed E-state index contributed by atoms with van der Waals surface area (Å²) < 4.78 is 29.6. The molecule has 0 bridgehead atoms. The van der Waals surface area contributed by atoms with Crippen molar-refractivity contribution in [3.05, 3.63) is 78.5 Å². The van der Waals surface area contributed by atoms with Gasteiger partial charge in [0.15, 0.2) is 16.3 Å². The Hall–Kier alpha value is -4.05. The SMILES string of the molecule is CCOC(=O)C1=C(C)N=c2s/c(=C\c3ccc(OC)cc3OC)c(=O)n2[C@@H]1c1ccc(OC(C)C)c(OC)c1. The van der Waals surface area contributed by atoms with Crippen LogP contribution in [0.3, 0.4) is 0 Å². The Bertz CT molecular complexity index is 1600. The summed E-state index contributed by atoms with van der Waals surface area (Å²) in [5.41, 5.74) is 1.85. The Labute approximate surface area is 230 Å². The predicted octanol–water partition coefficient (Wildman–Crippen LogP) is 3.61. The molecule has 0 radical (unpaired) electrons. The largest absolute Gasteiger partial charge is 0.497 e. The summed E-state index contributed by atoms with van der Waals surface area (Å²) in [6.45, 7) is 7.52. The summed E-state index contributed by atoms with van der Waals surface area (Å²) >= 11 is 1.24. The van der Waals surface area contributed by atoms with Crippen molar-refractivity contribution in [1.29, 1.82) is 0 Å². The third-order valence-corrected chi connectivity index (χ3v) is 7.09. The lowest BCUT2D eigenvalue weighted by Crippen LogP contribution is -2.40. The van der Waals surface area contributed by atoms with Crippen molar-refractivity contribution in [3.8, 4) is 23.0 Å². The molecule has 0 saturated carbocycles. The topological polar surface area (TPSA) is 97.6 Å². The van der Waals surface area contributed by atoms with E-state index < -0.39 is 12.0 Å². The molecule has 1 atom stereocenters. The lowest BCUT2D eigenvalue weighted by Gasteiger charge is -2.25. The molecule has 10 heteroatoms. The highest BCUT2D eigenvalue weighted by Crippen LogP contribution is 2.36. The molecule has 0 fully saturated rings. The van der Waals surface area contributed by atoms with Crippen LogP contribution in [-0.2, 0) is 9.53 Å². The molecule has 2 heterocycles. The standard InChI is InChI=1S/C29H32N2O7S/c1-8-37-28(33)25-17(4)30-29-31(26(25)19-10-12-21(38-16(2)3)23(13-19)36-7)27(32)24(39-29)14-18-9-11-20(34-5)15-22(18)35-6/h9-16,26H,8H2,1-7H3/b24-14-/t26-/m1/s1. The number of methoxy groups -OCH3 is 3. The van der Waals surface area contributed by atoms with Gasteiger partial charge in [-0.15, -0.1) is 0 Å². The van der Waals surface area contributed by atoms with Gasteiger partial charge in [-0.05, 0) is 63.6 Å². The predicted molar refractivity (Wildman–Crippen MR) is 149 cm³/mol. The Kier molecular flexibility index (Phi) is 8.44. The average molecular weight is 553 g/mol. The van der Waals surface area contributed by atoms with Crippen LogP contribution >= 0.6 is 11.3 Å². The molecule has 0 spiro atoms. The second kappa shape index (κ2) is 11.8. The van der Waals surface area contributed by atoms with E-state index in [4.69, 9.17) is 23.7 Å². The van der Waals surface area contributed by atoms with Crippen LogP contribution in [0.4, 0.5) is 0 Å². The van der Waals surface area contributed by atoms with E-state index in [2.05, 4.69) is 4.99 Å². The minimum absolute atomic E-state index is 0.0606. The Morgan fingerprint density at radius 3 is 2.44 bits per heavy atom. The van der Waals surface area contributed by atoms with Crippen LogP contribution in [0.2, 0.25) is 0 Å². The molecule has 0 amide bonds. The zero-order chi connectivity index (χ0) is 28.3. The number of carbonyl (C=O) groups is 1. The first-order valence-corrected chi connectivity index (χ1v) is 13.3. The summed E-state index contributed by atoms with van der Waals surface area (Å²) in [5.74, 6) is 1.72. The number of esters is 1. The van der Waals surface area contributed by atoms with Gasteiger partial charge in [0.2, 0.25) is 0 Å². The van der Waals surface area contributed by atoms with E-state index in [-0.39, 0.29) is 23.8 Å². The zero-order valence-corrected chi connectivity index (χ0v) is 23.9. The lowest BCUT2D eigenvalue weighted by atomic mass is 9.95. The second-order valence-corrected chi connectivity index (χ2v) is 10.00. The van der Waals surface area contributed by atoms with Gasteiger partial charge in [-0.1, -0.05) is 17.4 Å². The molecule has 2 aromatic carbocycles. The molecular formula is C29H32N2O7S. The van der Waals surface area contributed by atoms with Gasteiger partial charge < -0.3 is 23.7 Å². The van der Waals surface area contributed by atoms with Gasteiger partial charge in [0.25, 0.3) is 5.56 Å². The third-order valence-electron chi connectivity index (χ3n) is 6.11. The van der Waals surface area contributed by atoms with Crippen LogP contribution in [0, 0.1) is 0 Å². The molecular weight excluding hydrogens is 520 g/mol. The van der Waals surface area contributed by atoms with E-state index >= 15 is 0 Å². The van der Waals surface area contributed by atoms with Gasteiger partial charge in [-0.3, -0.25) is 9.36 Å². The van der Waals surface area contributed by atoms with E-state index in [0.717, 1.165) is 0 Å². The number of nitrogens with zero attached hydrogens (tertiary/aromatic N) is 2. The Morgan fingerprint density at radius 2 is 1.79 bits per heavy atom. The van der Waals surface area contributed by atoms with Gasteiger partial charge in [0, 0.05) is 11.6 Å². The van der Waals surface area contributed by atoms with Crippen LogP contribution < -0.4 is 33.8 Å². The van der Waals surface area contributed by atoms with Crippen molar-refractivity contribution < 1.29 is 28.5 Å². The number of aromatic nitrogens is 1. The van der Waals surface area contributed by atoms with Crippen molar-refractivity contribution in [2.75, 3.05) is 27.9 Å². The molecule has 9 nitrogen and oxygen atoms in total. The van der Waals surface area contributed by atoms with E-state index in [1.165, 1.54) is 15.9 Å². The third kappa shape index (κ3) is 5.56. The van der Waals surface area contributed by atoms with Crippen LogP contribution in [0.1, 0.15) is 44.9 Å². The summed E-state index contributed by atoms with van der Waals surface area (Å²) in [7, 11) is 4.68. The zero-order valence-electron chi connectivity index (χ0n) is 23.1. The second-order valence-electron chi connectivity index (χ2n) is 8.99. The molecule has 39 heavy (non-hydrogen) atoms. The van der Waals surface area contributed by atoms with Crippen molar-refractivity contribution in [1.82, 2.24) is 4.57 Å². The number of benzene rings is 2. The first kappa shape index (κ1) is 28.0. The number of hydrogen-bond acceptors (Lipinski definition) is 9. The maximum atomic E-state index is 13.9. The van der Waals surface area contributed by atoms with Gasteiger partial charge in [-0.2, -0.15) is 0 Å². The number of allylic oxidation sites excluding steroid dienone is 1. The minimum atomic E-state index is -0.776. The van der Waals surface area contributed by atoms with Gasteiger partial charge in [-0.25, -0.2) is 9.79 Å². The molecule has 3 aromatic rings. The molecule has 206 valence electrons. The summed E-state index contributed by atoms with van der Waals surface area (Å²) in [6.07, 6.45) is 1.69. The minimum Gasteiger partial charge on any atom is -0.497 e. The highest BCUT2D eigenvalue weighted by Gasteiger charge is 2.34. The summed E-state index contributed by atoms with van der Waals surface area (Å²) in [6, 6.07) is 9.98. The van der Waals surface area contributed by atoms with E-state index in [9.17, 15) is 9.59 Å². The maximum absolute atomic E-state index is 13.9. The fourth-order valence-corrected chi connectivity index (χ4v) is 5.43. The van der Waals surface area contributed by atoms with Crippen LogP contribution in [0.15, 0.2) is 57.5 Å². The number of carbonyl (C=O) groups excluding carboxylic acids is 1.